The van der Waals surface area contributed by atoms with Gasteiger partial charge in [0, 0.05) is 30.5 Å². The van der Waals surface area contributed by atoms with E-state index in [2.05, 4.69) is 16.4 Å². The highest BCUT2D eigenvalue weighted by molar-refractivity contribution is 5.03. The molecule has 0 atom stereocenters. The minimum atomic E-state index is 0.443. The molecule has 78 valence electrons. The first kappa shape index (κ1) is 9.74. The average Bonchev–Trinajstić information content (AvgIpc) is 2.70. The molecular formula is C11H19N3. The lowest BCUT2D eigenvalue weighted by Gasteiger charge is -2.26. The van der Waals surface area contributed by atoms with Gasteiger partial charge in [-0.3, -0.25) is 0 Å². The van der Waals surface area contributed by atoms with Crippen molar-refractivity contribution in [1.29, 1.82) is 0 Å². The summed E-state index contributed by atoms with van der Waals surface area (Å²) in [6.45, 7) is 0.951. The van der Waals surface area contributed by atoms with E-state index in [0.29, 0.717) is 12.1 Å². The third kappa shape index (κ3) is 2.59. The van der Waals surface area contributed by atoms with Crippen LogP contribution in [0.15, 0.2) is 18.3 Å². The molecule has 0 aromatic carbocycles. The number of nitrogens with one attached hydrogen (secondary N) is 2. The third-order valence-corrected chi connectivity index (χ3v) is 3.02. The number of hydrogen-bond donors (Lipinski definition) is 3. The van der Waals surface area contributed by atoms with Crippen LogP contribution in [0.1, 0.15) is 31.4 Å². The summed E-state index contributed by atoms with van der Waals surface area (Å²) in [5, 5.41) is 3.56. The topological polar surface area (TPSA) is 53.8 Å². The molecule has 0 aliphatic heterocycles. The predicted octanol–water partition coefficient (Wildman–Crippen LogP) is 1.37. The summed E-state index contributed by atoms with van der Waals surface area (Å²) in [7, 11) is 0. The third-order valence-electron chi connectivity index (χ3n) is 3.02. The summed E-state index contributed by atoms with van der Waals surface area (Å²) in [5.74, 6) is 0. The normalized spacial score (nSPS) is 27.8. The molecule has 14 heavy (non-hydrogen) atoms. The maximum Gasteiger partial charge on any atom is 0.0359 e. The first-order chi connectivity index (χ1) is 6.84. The molecule has 2 rings (SSSR count). The van der Waals surface area contributed by atoms with Crippen LogP contribution < -0.4 is 11.1 Å². The number of aromatic nitrogens is 1. The van der Waals surface area contributed by atoms with Gasteiger partial charge in [0.25, 0.3) is 0 Å². The summed E-state index contributed by atoms with van der Waals surface area (Å²) in [6, 6.07) is 5.26. The number of rotatable bonds is 3. The molecule has 1 fully saturated rings. The van der Waals surface area contributed by atoms with Gasteiger partial charge < -0.3 is 16.0 Å². The summed E-state index contributed by atoms with van der Waals surface area (Å²) in [5.41, 5.74) is 7.12. The van der Waals surface area contributed by atoms with E-state index in [9.17, 15) is 0 Å². The van der Waals surface area contributed by atoms with E-state index in [-0.39, 0.29) is 0 Å². The van der Waals surface area contributed by atoms with Crippen LogP contribution >= 0.6 is 0 Å². The Kier molecular flexibility index (Phi) is 3.22. The molecular weight excluding hydrogens is 174 g/mol. The molecule has 1 aromatic heterocycles. The molecule has 0 unspecified atom stereocenters. The Morgan fingerprint density at radius 1 is 1.36 bits per heavy atom. The Hall–Kier alpha value is -0.800. The van der Waals surface area contributed by atoms with Gasteiger partial charge in [0.1, 0.15) is 0 Å². The van der Waals surface area contributed by atoms with Crippen molar-refractivity contribution in [2.24, 2.45) is 5.73 Å². The Bertz CT molecular complexity index is 248. The SMILES string of the molecule is NC1CCC(NCc2ccc[nH]2)CC1. The molecule has 1 saturated carbocycles. The van der Waals surface area contributed by atoms with Gasteiger partial charge in [0.05, 0.1) is 0 Å². The van der Waals surface area contributed by atoms with E-state index in [1.54, 1.807) is 0 Å². The quantitative estimate of drug-likeness (QED) is 0.679. The minimum absolute atomic E-state index is 0.443. The fraction of sp³-hybridized carbons (Fsp3) is 0.636. The van der Waals surface area contributed by atoms with Crippen molar-refractivity contribution in [3.05, 3.63) is 24.0 Å². The zero-order valence-corrected chi connectivity index (χ0v) is 8.50. The molecule has 0 saturated heterocycles. The fourth-order valence-corrected chi connectivity index (χ4v) is 2.06. The Labute approximate surface area is 85.1 Å². The number of H-pyrrole nitrogens is 1. The average molecular weight is 193 g/mol. The van der Waals surface area contributed by atoms with Gasteiger partial charge in [-0.15, -0.1) is 0 Å². The van der Waals surface area contributed by atoms with E-state index in [1.165, 1.54) is 31.4 Å². The molecule has 0 spiro atoms. The van der Waals surface area contributed by atoms with Crippen LogP contribution in [0.4, 0.5) is 0 Å². The first-order valence-electron chi connectivity index (χ1n) is 5.46. The molecule has 0 amide bonds. The van der Waals surface area contributed by atoms with Crippen molar-refractivity contribution in [3.8, 4) is 0 Å². The highest BCUT2D eigenvalue weighted by atomic mass is 14.9. The lowest BCUT2D eigenvalue weighted by Crippen LogP contribution is -2.37. The lowest BCUT2D eigenvalue weighted by molar-refractivity contribution is 0.341. The molecule has 1 aliphatic rings. The second kappa shape index (κ2) is 4.62. The predicted molar refractivity (Wildman–Crippen MR) is 57.9 cm³/mol. The molecule has 0 bridgehead atoms. The monoisotopic (exact) mass is 193 g/mol. The van der Waals surface area contributed by atoms with Crippen LogP contribution in [0.2, 0.25) is 0 Å². The Morgan fingerprint density at radius 2 is 2.14 bits per heavy atom. The molecule has 1 heterocycles. The van der Waals surface area contributed by atoms with Crippen molar-refractivity contribution in [2.45, 2.75) is 44.3 Å². The molecule has 3 heteroatoms. The second-order valence-electron chi connectivity index (χ2n) is 4.19. The van der Waals surface area contributed by atoms with Gasteiger partial charge in [0.15, 0.2) is 0 Å². The van der Waals surface area contributed by atoms with Gasteiger partial charge in [-0.25, -0.2) is 0 Å². The largest absolute Gasteiger partial charge is 0.364 e. The van der Waals surface area contributed by atoms with E-state index in [0.717, 1.165) is 6.54 Å². The van der Waals surface area contributed by atoms with Crippen LogP contribution in [0, 0.1) is 0 Å². The maximum atomic E-state index is 5.85. The standard InChI is InChI=1S/C11H19N3/c12-9-3-5-10(6-4-9)14-8-11-2-1-7-13-11/h1-2,7,9-10,13-14H,3-6,8,12H2. The van der Waals surface area contributed by atoms with E-state index in [4.69, 9.17) is 5.73 Å². The highest BCUT2D eigenvalue weighted by Gasteiger charge is 2.17. The molecule has 3 nitrogen and oxygen atoms in total. The van der Waals surface area contributed by atoms with Crippen molar-refractivity contribution < 1.29 is 0 Å². The maximum absolute atomic E-state index is 5.85. The smallest absolute Gasteiger partial charge is 0.0359 e. The second-order valence-corrected chi connectivity index (χ2v) is 4.19. The van der Waals surface area contributed by atoms with Crippen molar-refractivity contribution in [3.63, 3.8) is 0 Å². The van der Waals surface area contributed by atoms with Gasteiger partial charge in [-0.05, 0) is 37.8 Å². The summed E-state index contributed by atoms with van der Waals surface area (Å²) < 4.78 is 0. The van der Waals surface area contributed by atoms with E-state index < -0.39 is 0 Å². The molecule has 4 N–H and O–H groups in total. The number of hydrogen-bond acceptors (Lipinski definition) is 2. The zero-order chi connectivity index (χ0) is 9.80. The van der Waals surface area contributed by atoms with E-state index >= 15 is 0 Å². The van der Waals surface area contributed by atoms with Gasteiger partial charge in [0.2, 0.25) is 0 Å². The summed E-state index contributed by atoms with van der Waals surface area (Å²) >= 11 is 0. The zero-order valence-electron chi connectivity index (χ0n) is 8.50. The molecule has 0 radical (unpaired) electrons. The van der Waals surface area contributed by atoms with Crippen molar-refractivity contribution >= 4 is 0 Å². The Morgan fingerprint density at radius 3 is 2.79 bits per heavy atom. The Balaban J connectivity index is 1.71. The minimum Gasteiger partial charge on any atom is -0.364 e. The van der Waals surface area contributed by atoms with Crippen molar-refractivity contribution in [1.82, 2.24) is 10.3 Å². The first-order valence-corrected chi connectivity index (χ1v) is 5.46. The van der Waals surface area contributed by atoms with Crippen LogP contribution in [0.25, 0.3) is 0 Å². The number of aromatic amines is 1. The lowest BCUT2D eigenvalue weighted by atomic mass is 9.92. The van der Waals surface area contributed by atoms with Gasteiger partial charge in [-0.2, -0.15) is 0 Å². The summed E-state index contributed by atoms with van der Waals surface area (Å²) in [4.78, 5) is 3.20. The van der Waals surface area contributed by atoms with E-state index in [1.807, 2.05) is 12.3 Å². The van der Waals surface area contributed by atoms with Crippen LogP contribution in [0.3, 0.4) is 0 Å². The van der Waals surface area contributed by atoms with Crippen LogP contribution in [-0.4, -0.2) is 17.1 Å². The van der Waals surface area contributed by atoms with Crippen LogP contribution in [0.5, 0.6) is 0 Å². The van der Waals surface area contributed by atoms with Gasteiger partial charge in [-0.1, -0.05) is 0 Å². The summed E-state index contributed by atoms with van der Waals surface area (Å²) in [6.07, 6.45) is 6.75. The van der Waals surface area contributed by atoms with Crippen molar-refractivity contribution in [2.75, 3.05) is 0 Å². The van der Waals surface area contributed by atoms with Crippen LogP contribution in [-0.2, 0) is 6.54 Å². The van der Waals surface area contributed by atoms with Gasteiger partial charge >= 0.3 is 0 Å². The molecule has 1 aromatic rings. The fourth-order valence-electron chi connectivity index (χ4n) is 2.06. The highest BCUT2D eigenvalue weighted by Crippen LogP contribution is 2.17. The molecule has 1 aliphatic carbocycles. The number of nitrogens with two attached hydrogens (primary N) is 1.